The van der Waals surface area contributed by atoms with E-state index in [-0.39, 0.29) is 0 Å². The molecule has 3 heteroatoms. The third-order valence-corrected chi connectivity index (χ3v) is 4.12. The van der Waals surface area contributed by atoms with E-state index in [9.17, 15) is 0 Å². The van der Waals surface area contributed by atoms with Crippen LogP contribution in [-0.2, 0) is 11.3 Å². The molecular weight excluding hydrogens is 224 g/mol. The van der Waals surface area contributed by atoms with E-state index in [0.29, 0.717) is 12.2 Å². The van der Waals surface area contributed by atoms with E-state index >= 15 is 0 Å². The lowest BCUT2D eigenvalue weighted by Gasteiger charge is -2.33. The van der Waals surface area contributed by atoms with Crippen LogP contribution in [0.1, 0.15) is 31.2 Å². The fourth-order valence-corrected chi connectivity index (χ4v) is 3.33. The maximum atomic E-state index is 5.94. The number of aromatic nitrogens is 1. The van der Waals surface area contributed by atoms with E-state index in [1.54, 1.807) is 0 Å². The van der Waals surface area contributed by atoms with Gasteiger partial charge in [0, 0.05) is 31.2 Å². The minimum absolute atomic E-state index is 0.456. The van der Waals surface area contributed by atoms with Crippen LogP contribution in [0.15, 0.2) is 18.2 Å². The number of aryl methyl sites for hydroxylation is 1. The van der Waals surface area contributed by atoms with E-state index in [2.05, 4.69) is 41.9 Å². The van der Waals surface area contributed by atoms with E-state index in [0.717, 1.165) is 24.7 Å². The topological polar surface area (TPSA) is 25.4 Å². The molecule has 2 aliphatic heterocycles. The van der Waals surface area contributed by atoms with Crippen molar-refractivity contribution in [3.63, 3.8) is 0 Å². The summed E-state index contributed by atoms with van der Waals surface area (Å²) in [6.07, 6.45) is 3.38. The Labute approximate surface area is 109 Å². The van der Waals surface area contributed by atoms with Gasteiger partial charge in [-0.2, -0.15) is 0 Å². The van der Waals surface area contributed by atoms with Crippen LogP contribution in [0.4, 0.5) is 0 Å². The Kier molecular flexibility index (Phi) is 3.35. The number of nitrogens with zero attached hydrogens (tertiary/aromatic N) is 2. The molecule has 3 atom stereocenters. The van der Waals surface area contributed by atoms with Gasteiger partial charge < -0.3 is 4.74 Å². The van der Waals surface area contributed by atoms with Gasteiger partial charge in [-0.05, 0) is 38.8 Å². The molecule has 0 radical (unpaired) electrons. The molecule has 0 saturated carbocycles. The van der Waals surface area contributed by atoms with Crippen LogP contribution < -0.4 is 0 Å². The van der Waals surface area contributed by atoms with Gasteiger partial charge >= 0.3 is 0 Å². The first-order valence-corrected chi connectivity index (χ1v) is 7.01. The first-order valence-electron chi connectivity index (χ1n) is 7.01. The summed E-state index contributed by atoms with van der Waals surface area (Å²) < 4.78 is 5.94. The van der Waals surface area contributed by atoms with Crippen LogP contribution in [0, 0.1) is 12.8 Å². The Hall–Kier alpha value is -0.930. The molecule has 0 aromatic carbocycles. The second kappa shape index (κ2) is 4.98. The van der Waals surface area contributed by atoms with Crippen molar-refractivity contribution in [3.8, 4) is 0 Å². The van der Waals surface area contributed by atoms with Gasteiger partial charge in [-0.25, -0.2) is 0 Å². The average molecular weight is 246 g/mol. The van der Waals surface area contributed by atoms with E-state index in [1.165, 1.54) is 25.1 Å². The minimum atomic E-state index is 0.456. The quantitative estimate of drug-likeness (QED) is 0.801. The number of fused-ring (bicyclic) bond motifs is 1. The number of hydrogen-bond acceptors (Lipinski definition) is 3. The summed E-state index contributed by atoms with van der Waals surface area (Å²) in [5.41, 5.74) is 2.31. The standard InChI is InChI=1S/C15H22N2O/c1-11-4-3-5-14(16-11)10-17-7-6-15-13(9-17)8-12(2)18-15/h3-5,12-13,15H,6-10H2,1-2H3/t12-,13-,15-/m0/s1. The number of pyridine rings is 1. The zero-order valence-electron chi connectivity index (χ0n) is 11.3. The van der Waals surface area contributed by atoms with Gasteiger partial charge in [-0.15, -0.1) is 0 Å². The Morgan fingerprint density at radius 1 is 1.44 bits per heavy atom. The summed E-state index contributed by atoms with van der Waals surface area (Å²) in [4.78, 5) is 7.13. The van der Waals surface area contributed by atoms with Crippen LogP contribution in [0.2, 0.25) is 0 Å². The van der Waals surface area contributed by atoms with Gasteiger partial charge in [0.25, 0.3) is 0 Å². The molecule has 0 aliphatic carbocycles. The maximum Gasteiger partial charge on any atom is 0.0632 e. The van der Waals surface area contributed by atoms with Crippen molar-refractivity contribution in [2.75, 3.05) is 13.1 Å². The molecule has 3 rings (SSSR count). The number of rotatable bonds is 2. The minimum Gasteiger partial charge on any atom is -0.375 e. The molecule has 1 aromatic heterocycles. The predicted octanol–water partition coefficient (Wildman–Crippen LogP) is 2.39. The Bertz CT molecular complexity index is 421. The smallest absolute Gasteiger partial charge is 0.0632 e. The summed E-state index contributed by atoms with van der Waals surface area (Å²) in [5.74, 6) is 0.735. The second-order valence-electron chi connectivity index (χ2n) is 5.78. The molecular formula is C15H22N2O. The summed E-state index contributed by atoms with van der Waals surface area (Å²) in [6, 6.07) is 6.29. The highest BCUT2D eigenvalue weighted by Crippen LogP contribution is 2.32. The molecule has 18 heavy (non-hydrogen) atoms. The SMILES string of the molecule is Cc1cccc(CN2CC[C@@H]3O[C@@H](C)C[C@H]3C2)n1. The molecule has 3 heterocycles. The number of ether oxygens (including phenoxy) is 1. The normalized spacial score (nSPS) is 32.4. The average Bonchev–Trinajstić information content (AvgIpc) is 2.68. The molecule has 2 aliphatic rings. The van der Waals surface area contributed by atoms with Crippen molar-refractivity contribution in [1.82, 2.24) is 9.88 Å². The van der Waals surface area contributed by atoms with Crippen molar-refractivity contribution < 1.29 is 4.74 Å². The second-order valence-corrected chi connectivity index (χ2v) is 5.78. The van der Waals surface area contributed by atoms with Crippen molar-refractivity contribution in [2.45, 2.75) is 45.4 Å². The molecule has 0 spiro atoms. The molecule has 98 valence electrons. The van der Waals surface area contributed by atoms with Crippen molar-refractivity contribution >= 4 is 0 Å². The molecule has 0 bridgehead atoms. The van der Waals surface area contributed by atoms with E-state index in [1.807, 2.05) is 0 Å². The Morgan fingerprint density at radius 2 is 2.33 bits per heavy atom. The zero-order chi connectivity index (χ0) is 12.5. The lowest BCUT2D eigenvalue weighted by molar-refractivity contribution is 0.00561. The summed E-state index contributed by atoms with van der Waals surface area (Å²) in [6.45, 7) is 7.56. The Balaban J connectivity index is 1.61. The Morgan fingerprint density at radius 3 is 3.17 bits per heavy atom. The number of hydrogen-bond donors (Lipinski definition) is 0. The molecule has 0 amide bonds. The van der Waals surface area contributed by atoms with E-state index in [4.69, 9.17) is 4.74 Å². The van der Waals surface area contributed by atoms with Crippen molar-refractivity contribution in [3.05, 3.63) is 29.6 Å². The van der Waals surface area contributed by atoms with Crippen molar-refractivity contribution in [1.29, 1.82) is 0 Å². The fraction of sp³-hybridized carbons (Fsp3) is 0.667. The third-order valence-electron chi connectivity index (χ3n) is 4.12. The molecule has 2 saturated heterocycles. The number of piperidine rings is 1. The number of likely N-dealkylation sites (tertiary alicyclic amines) is 1. The van der Waals surface area contributed by atoms with E-state index < -0.39 is 0 Å². The van der Waals surface area contributed by atoms with Crippen LogP contribution >= 0.6 is 0 Å². The molecule has 0 N–H and O–H groups in total. The monoisotopic (exact) mass is 246 g/mol. The predicted molar refractivity (Wildman–Crippen MR) is 71.3 cm³/mol. The van der Waals surface area contributed by atoms with Crippen LogP contribution in [0.3, 0.4) is 0 Å². The molecule has 2 fully saturated rings. The first-order chi connectivity index (χ1) is 8.70. The van der Waals surface area contributed by atoms with Gasteiger partial charge in [-0.1, -0.05) is 6.07 Å². The van der Waals surface area contributed by atoms with Crippen LogP contribution in [-0.4, -0.2) is 35.2 Å². The molecule has 1 aromatic rings. The van der Waals surface area contributed by atoms with Crippen LogP contribution in [0.5, 0.6) is 0 Å². The highest BCUT2D eigenvalue weighted by Gasteiger charge is 2.37. The third kappa shape index (κ3) is 2.57. The molecule has 0 unspecified atom stereocenters. The largest absolute Gasteiger partial charge is 0.375 e. The van der Waals surface area contributed by atoms with Gasteiger partial charge in [0.15, 0.2) is 0 Å². The van der Waals surface area contributed by atoms with Crippen LogP contribution in [0.25, 0.3) is 0 Å². The lowest BCUT2D eigenvalue weighted by atomic mass is 9.93. The first kappa shape index (κ1) is 12.1. The van der Waals surface area contributed by atoms with Gasteiger partial charge in [-0.3, -0.25) is 9.88 Å². The van der Waals surface area contributed by atoms with Gasteiger partial charge in [0.2, 0.25) is 0 Å². The maximum absolute atomic E-state index is 5.94. The zero-order valence-corrected chi connectivity index (χ0v) is 11.3. The lowest BCUT2D eigenvalue weighted by Crippen LogP contribution is -2.40. The highest BCUT2D eigenvalue weighted by molar-refractivity contribution is 5.10. The van der Waals surface area contributed by atoms with Crippen molar-refractivity contribution in [2.24, 2.45) is 5.92 Å². The highest BCUT2D eigenvalue weighted by atomic mass is 16.5. The van der Waals surface area contributed by atoms with Gasteiger partial charge in [0.05, 0.1) is 17.9 Å². The molecule has 3 nitrogen and oxygen atoms in total. The summed E-state index contributed by atoms with van der Waals surface area (Å²) in [7, 11) is 0. The summed E-state index contributed by atoms with van der Waals surface area (Å²) in [5, 5.41) is 0. The van der Waals surface area contributed by atoms with Gasteiger partial charge in [0.1, 0.15) is 0 Å². The fourth-order valence-electron chi connectivity index (χ4n) is 3.33. The summed E-state index contributed by atoms with van der Waals surface area (Å²) >= 11 is 0.